The van der Waals surface area contributed by atoms with Crippen molar-refractivity contribution in [3.8, 4) is 23.1 Å². The van der Waals surface area contributed by atoms with Crippen molar-refractivity contribution in [1.29, 1.82) is 5.26 Å². The molecular weight excluding hydrogens is 332 g/mol. The maximum atomic E-state index is 10.9. The molecule has 1 saturated heterocycles. The SMILES string of the molecule is N#C[C@H]1CCCN(Cc2cc(-c3cnccn3)ccc2OCC(=O)O)C1. The highest BCUT2D eigenvalue weighted by Gasteiger charge is 2.21. The standard InChI is InChI=1S/C19H20N4O3/c20-9-14-2-1-7-23(11-14)12-16-8-15(17-10-21-5-6-22-17)3-4-18(16)26-13-19(24)25/h3-6,8,10,14H,1-2,7,11-13H2,(H,24,25)/t14-/m1/s1. The molecule has 0 unspecified atom stereocenters. The number of piperidine rings is 1. The molecule has 0 saturated carbocycles. The Morgan fingerprint density at radius 2 is 2.31 bits per heavy atom. The van der Waals surface area contributed by atoms with E-state index in [4.69, 9.17) is 9.84 Å². The van der Waals surface area contributed by atoms with Crippen LogP contribution >= 0.6 is 0 Å². The predicted molar refractivity (Wildman–Crippen MR) is 94.2 cm³/mol. The van der Waals surface area contributed by atoms with Gasteiger partial charge in [-0.15, -0.1) is 0 Å². The zero-order valence-electron chi connectivity index (χ0n) is 14.3. The lowest BCUT2D eigenvalue weighted by atomic mass is 9.98. The van der Waals surface area contributed by atoms with Gasteiger partial charge in [-0.25, -0.2) is 4.79 Å². The van der Waals surface area contributed by atoms with Gasteiger partial charge in [0.15, 0.2) is 6.61 Å². The number of rotatable bonds is 6. The number of nitrogens with zero attached hydrogens (tertiary/aromatic N) is 4. The number of nitriles is 1. The van der Waals surface area contributed by atoms with Crippen molar-refractivity contribution < 1.29 is 14.6 Å². The van der Waals surface area contributed by atoms with Gasteiger partial charge >= 0.3 is 5.97 Å². The van der Waals surface area contributed by atoms with Crippen molar-refractivity contribution in [3.63, 3.8) is 0 Å². The maximum Gasteiger partial charge on any atom is 0.341 e. The van der Waals surface area contributed by atoms with Crippen LogP contribution < -0.4 is 4.74 Å². The molecule has 0 spiro atoms. The van der Waals surface area contributed by atoms with E-state index in [-0.39, 0.29) is 5.92 Å². The number of carbonyl (C=O) groups is 1. The molecule has 0 amide bonds. The molecule has 1 aromatic carbocycles. The van der Waals surface area contributed by atoms with E-state index >= 15 is 0 Å². The number of ether oxygens (including phenoxy) is 1. The Hall–Kier alpha value is -2.98. The number of hydrogen-bond acceptors (Lipinski definition) is 6. The second kappa shape index (κ2) is 8.41. The summed E-state index contributed by atoms with van der Waals surface area (Å²) in [6.45, 7) is 1.83. The molecule has 0 bridgehead atoms. The van der Waals surface area contributed by atoms with E-state index in [1.165, 1.54) is 0 Å². The predicted octanol–water partition coefficient (Wildman–Crippen LogP) is 2.34. The van der Waals surface area contributed by atoms with Gasteiger partial charge in [-0.05, 0) is 37.6 Å². The molecule has 1 aliphatic heterocycles. The fourth-order valence-corrected chi connectivity index (χ4v) is 3.14. The summed E-state index contributed by atoms with van der Waals surface area (Å²) in [6, 6.07) is 7.92. The Labute approximate surface area is 151 Å². The summed E-state index contributed by atoms with van der Waals surface area (Å²) in [6.07, 6.45) is 6.84. The van der Waals surface area contributed by atoms with Gasteiger partial charge in [0.25, 0.3) is 0 Å². The molecule has 134 valence electrons. The molecule has 2 heterocycles. The lowest BCUT2D eigenvalue weighted by Gasteiger charge is -2.30. The topological polar surface area (TPSA) is 99.3 Å². The van der Waals surface area contributed by atoms with Crippen molar-refractivity contribution in [3.05, 3.63) is 42.4 Å². The molecule has 7 heteroatoms. The van der Waals surface area contributed by atoms with Crippen LogP contribution in [0.4, 0.5) is 0 Å². The van der Waals surface area contributed by atoms with Crippen molar-refractivity contribution in [2.24, 2.45) is 5.92 Å². The van der Waals surface area contributed by atoms with E-state index in [0.29, 0.717) is 18.8 Å². The summed E-state index contributed by atoms with van der Waals surface area (Å²) >= 11 is 0. The number of hydrogen-bond donors (Lipinski definition) is 1. The first kappa shape index (κ1) is 17.8. The number of carboxylic acids is 1. The van der Waals surface area contributed by atoms with Gasteiger partial charge in [-0.3, -0.25) is 14.9 Å². The minimum Gasteiger partial charge on any atom is -0.482 e. The van der Waals surface area contributed by atoms with Crippen LogP contribution in [0.3, 0.4) is 0 Å². The van der Waals surface area contributed by atoms with Crippen LogP contribution in [0, 0.1) is 17.2 Å². The smallest absolute Gasteiger partial charge is 0.341 e. The Morgan fingerprint density at radius 1 is 1.42 bits per heavy atom. The third-order valence-electron chi connectivity index (χ3n) is 4.35. The van der Waals surface area contributed by atoms with E-state index in [2.05, 4.69) is 20.9 Å². The van der Waals surface area contributed by atoms with Gasteiger partial charge in [0.2, 0.25) is 0 Å². The molecule has 0 radical (unpaired) electrons. The minimum atomic E-state index is -1.02. The molecule has 1 N–H and O–H groups in total. The lowest BCUT2D eigenvalue weighted by molar-refractivity contribution is -0.139. The van der Waals surface area contributed by atoms with Crippen molar-refractivity contribution in [1.82, 2.24) is 14.9 Å². The maximum absolute atomic E-state index is 10.9. The number of likely N-dealkylation sites (tertiary alicyclic amines) is 1. The van der Waals surface area contributed by atoms with Crippen LogP contribution in [0.5, 0.6) is 5.75 Å². The first-order chi connectivity index (χ1) is 12.7. The highest BCUT2D eigenvalue weighted by molar-refractivity contribution is 5.69. The number of aromatic nitrogens is 2. The molecule has 3 rings (SSSR count). The van der Waals surface area contributed by atoms with Crippen LogP contribution in [-0.4, -0.2) is 45.6 Å². The third-order valence-corrected chi connectivity index (χ3v) is 4.35. The lowest BCUT2D eigenvalue weighted by Crippen LogP contribution is -2.34. The first-order valence-corrected chi connectivity index (χ1v) is 8.51. The van der Waals surface area contributed by atoms with Crippen molar-refractivity contribution >= 4 is 5.97 Å². The average molecular weight is 352 g/mol. The fourth-order valence-electron chi connectivity index (χ4n) is 3.14. The highest BCUT2D eigenvalue weighted by Crippen LogP contribution is 2.28. The van der Waals surface area contributed by atoms with Crippen molar-refractivity contribution in [2.45, 2.75) is 19.4 Å². The van der Waals surface area contributed by atoms with Crippen molar-refractivity contribution in [2.75, 3.05) is 19.7 Å². The Morgan fingerprint density at radius 3 is 3.04 bits per heavy atom. The Balaban J connectivity index is 1.85. The molecule has 1 aromatic heterocycles. The quantitative estimate of drug-likeness (QED) is 0.852. The molecule has 2 aromatic rings. The largest absolute Gasteiger partial charge is 0.482 e. The van der Waals surface area contributed by atoms with Gasteiger partial charge in [0.1, 0.15) is 5.75 Å². The molecule has 0 aliphatic carbocycles. The number of benzene rings is 1. The van der Waals surface area contributed by atoms with Gasteiger partial charge in [-0.1, -0.05) is 0 Å². The Kier molecular flexibility index (Phi) is 5.77. The summed E-state index contributed by atoms with van der Waals surface area (Å²) < 4.78 is 5.46. The number of carboxylic acid groups (broad SMARTS) is 1. The summed E-state index contributed by atoms with van der Waals surface area (Å²) in [5, 5.41) is 18.1. The van der Waals surface area contributed by atoms with Gasteiger partial charge in [0.05, 0.1) is 23.9 Å². The third kappa shape index (κ3) is 4.55. The zero-order valence-corrected chi connectivity index (χ0v) is 14.3. The van der Waals surface area contributed by atoms with E-state index < -0.39 is 12.6 Å². The molecule has 7 nitrogen and oxygen atoms in total. The average Bonchev–Trinajstić information content (AvgIpc) is 2.67. The van der Waals surface area contributed by atoms with Crippen LogP contribution in [0.2, 0.25) is 0 Å². The van der Waals surface area contributed by atoms with Crippen LogP contribution in [0.1, 0.15) is 18.4 Å². The second-order valence-electron chi connectivity index (χ2n) is 6.30. The molecule has 1 atom stereocenters. The van der Waals surface area contributed by atoms with Gasteiger partial charge in [0, 0.05) is 36.6 Å². The van der Waals surface area contributed by atoms with Gasteiger partial charge in [-0.2, -0.15) is 5.26 Å². The molecule has 1 aliphatic rings. The summed E-state index contributed by atoms with van der Waals surface area (Å²) in [4.78, 5) is 21.5. The van der Waals surface area contributed by atoms with E-state index in [9.17, 15) is 10.1 Å². The van der Waals surface area contributed by atoms with Gasteiger partial charge < -0.3 is 9.84 Å². The van der Waals surface area contributed by atoms with Crippen LogP contribution in [0.15, 0.2) is 36.8 Å². The summed E-state index contributed by atoms with van der Waals surface area (Å²) in [5.41, 5.74) is 2.52. The summed E-state index contributed by atoms with van der Waals surface area (Å²) in [5.74, 6) is -0.439. The molecule has 26 heavy (non-hydrogen) atoms. The molecular formula is C19H20N4O3. The zero-order chi connectivity index (χ0) is 18.4. The Bertz CT molecular complexity index is 804. The van der Waals surface area contributed by atoms with E-state index in [1.807, 2.05) is 12.1 Å². The van der Waals surface area contributed by atoms with E-state index in [1.54, 1.807) is 24.7 Å². The fraction of sp³-hybridized carbons (Fsp3) is 0.368. The molecule has 1 fully saturated rings. The highest BCUT2D eigenvalue weighted by atomic mass is 16.5. The minimum absolute atomic E-state index is 0.0373. The summed E-state index contributed by atoms with van der Waals surface area (Å²) in [7, 11) is 0. The normalized spacial score (nSPS) is 17.4. The first-order valence-electron chi connectivity index (χ1n) is 8.51. The van der Waals surface area contributed by atoms with Crippen LogP contribution in [0.25, 0.3) is 11.3 Å². The van der Waals surface area contributed by atoms with Crippen LogP contribution in [-0.2, 0) is 11.3 Å². The number of aliphatic carboxylic acids is 1. The monoisotopic (exact) mass is 352 g/mol. The van der Waals surface area contributed by atoms with E-state index in [0.717, 1.165) is 36.2 Å². The second-order valence-corrected chi connectivity index (χ2v) is 6.30.